The number of H-pyrrole nitrogens is 1. The number of carbonyl (C=O) groups is 1. The first-order chi connectivity index (χ1) is 14.8. The topological polar surface area (TPSA) is 79.2 Å². The summed E-state index contributed by atoms with van der Waals surface area (Å²) in [6.07, 6.45) is 0.890. The molecule has 1 fully saturated rings. The van der Waals surface area contributed by atoms with E-state index in [4.69, 9.17) is 0 Å². The lowest BCUT2D eigenvalue weighted by atomic mass is 9.93. The smallest absolute Gasteiger partial charge is 0.337 e. The molecule has 1 N–H and O–H groups in total. The molecule has 1 amide bonds. The Labute approximate surface area is 176 Å². The molecule has 0 bridgehead atoms. The fraction of sp³-hybridized carbons (Fsp3) is 0.524. The molecule has 2 aliphatic rings. The van der Waals surface area contributed by atoms with Gasteiger partial charge in [-0.05, 0) is 51.5 Å². The zero-order chi connectivity index (χ0) is 21.8. The first-order valence-electron chi connectivity index (χ1n) is 10.6. The minimum atomic E-state index is -4.52. The number of aryl methyl sites for hydroxylation is 2. The van der Waals surface area contributed by atoms with E-state index in [9.17, 15) is 18.0 Å². The van der Waals surface area contributed by atoms with Crippen LogP contribution in [0.15, 0.2) is 12.1 Å². The van der Waals surface area contributed by atoms with Crippen LogP contribution in [-0.4, -0.2) is 48.7 Å². The molecule has 1 aliphatic carbocycles. The lowest BCUT2D eigenvalue weighted by Crippen LogP contribution is -2.39. The van der Waals surface area contributed by atoms with Gasteiger partial charge in [0.15, 0.2) is 11.3 Å². The van der Waals surface area contributed by atoms with Crippen LogP contribution in [0.3, 0.4) is 0 Å². The fourth-order valence-electron chi connectivity index (χ4n) is 4.73. The first-order valence-corrected chi connectivity index (χ1v) is 10.6. The van der Waals surface area contributed by atoms with Crippen LogP contribution >= 0.6 is 0 Å². The number of rotatable bonds is 2. The van der Waals surface area contributed by atoms with Crippen molar-refractivity contribution in [2.45, 2.75) is 57.5 Å². The number of likely N-dealkylation sites (tertiary alicyclic amines) is 1. The molecular weight excluding hydrogens is 409 g/mol. The van der Waals surface area contributed by atoms with Crippen molar-refractivity contribution in [3.63, 3.8) is 0 Å². The van der Waals surface area contributed by atoms with Crippen molar-refractivity contribution >= 4 is 11.6 Å². The number of amides is 1. The van der Waals surface area contributed by atoms with E-state index in [0.717, 1.165) is 60.4 Å². The van der Waals surface area contributed by atoms with E-state index in [1.165, 1.54) is 6.92 Å². The predicted molar refractivity (Wildman–Crippen MR) is 106 cm³/mol. The van der Waals surface area contributed by atoms with Crippen LogP contribution in [0, 0.1) is 6.92 Å². The molecule has 7 nitrogen and oxygen atoms in total. The molecule has 3 aromatic rings. The van der Waals surface area contributed by atoms with Crippen molar-refractivity contribution in [2.75, 3.05) is 13.1 Å². The summed E-state index contributed by atoms with van der Waals surface area (Å²) in [6, 6.07) is 2.61. The normalized spacial score (nSPS) is 19.6. The van der Waals surface area contributed by atoms with E-state index in [1.807, 2.05) is 0 Å². The number of piperidine rings is 1. The number of nitrogens with one attached hydrogen (secondary N) is 1. The van der Waals surface area contributed by atoms with Crippen molar-refractivity contribution in [2.24, 2.45) is 0 Å². The van der Waals surface area contributed by atoms with Crippen molar-refractivity contribution in [3.8, 4) is 0 Å². The van der Waals surface area contributed by atoms with E-state index in [1.54, 1.807) is 11.0 Å². The Morgan fingerprint density at radius 1 is 1.19 bits per heavy atom. The maximum absolute atomic E-state index is 13.5. The largest absolute Gasteiger partial charge is 0.433 e. The van der Waals surface area contributed by atoms with Gasteiger partial charge in [0.1, 0.15) is 5.69 Å². The summed E-state index contributed by atoms with van der Waals surface area (Å²) in [6.45, 7) is 2.55. The third kappa shape index (κ3) is 3.57. The van der Waals surface area contributed by atoms with Crippen LogP contribution < -0.4 is 0 Å². The number of aromatic amines is 1. The number of nitrogens with zero attached hydrogens (tertiary/aromatic N) is 5. The molecule has 0 saturated carbocycles. The minimum Gasteiger partial charge on any atom is -0.337 e. The van der Waals surface area contributed by atoms with Gasteiger partial charge in [-0.15, -0.1) is 0 Å². The predicted octanol–water partition coefficient (Wildman–Crippen LogP) is 3.68. The molecular formula is C21H23F3N6O. The average molecular weight is 432 g/mol. The summed E-state index contributed by atoms with van der Waals surface area (Å²) in [7, 11) is 0. The van der Waals surface area contributed by atoms with Gasteiger partial charge in [0.2, 0.25) is 0 Å². The molecule has 164 valence electrons. The molecule has 0 radical (unpaired) electrons. The molecule has 4 heterocycles. The molecule has 0 aromatic carbocycles. The highest BCUT2D eigenvalue weighted by Crippen LogP contribution is 2.33. The quantitative estimate of drug-likeness (QED) is 0.670. The zero-order valence-corrected chi connectivity index (χ0v) is 17.2. The van der Waals surface area contributed by atoms with Crippen LogP contribution in [0.2, 0.25) is 0 Å². The maximum Gasteiger partial charge on any atom is 0.433 e. The van der Waals surface area contributed by atoms with Gasteiger partial charge in [-0.2, -0.15) is 23.4 Å². The number of aromatic nitrogens is 5. The highest BCUT2D eigenvalue weighted by Gasteiger charge is 2.36. The average Bonchev–Trinajstić information content (AvgIpc) is 3.36. The molecule has 10 heteroatoms. The monoisotopic (exact) mass is 432 g/mol. The molecule has 1 aliphatic heterocycles. The van der Waals surface area contributed by atoms with Gasteiger partial charge in [0, 0.05) is 42.0 Å². The summed E-state index contributed by atoms with van der Waals surface area (Å²) >= 11 is 0. The number of halogens is 3. The summed E-state index contributed by atoms with van der Waals surface area (Å²) in [5.41, 5.74) is 2.70. The van der Waals surface area contributed by atoms with Crippen molar-refractivity contribution in [3.05, 3.63) is 46.2 Å². The van der Waals surface area contributed by atoms with Gasteiger partial charge in [-0.25, -0.2) is 9.50 Å². The molecule has 31 heavy (non-hydrogen) atoms. The summed E-state index contributed by atoms with van der Waals surface area (Å²) in [4.78, 5) is 19.1. The molecule has 1 unspecified atom stereocenters. The van der Waals surface area contributed by atoms with E-state index in [0.29, 0.717) is 24.5 Å². The number of alkyl halides is 3. The Balaban J connectivity index is 1.42. The third-order valence-corrected chi connectivity index (χ3v) is 6.25. The second kappa shape index (κ2) is 7.35. The van der Waals surface area contributed by atoms with Crippen LogP contribution in [0.25, 0.3) is 5.65 Å². The summed E-state index contributed by atoms with van der Waals surface area (Å²) in [5.74, 6) is -0.256. The highest BCUT2D eigenvalue weighted by atomic mass is 19.4. The zero-order valence-electron chi connectivity index (χ0n) is 17.2. The number of hydrogen-bond acceptors (Lipinski definition) is 4. The van der Waals surface area contributed by atoms with Crippen molar-refractivity contribution in [1.29, 1.82) is 0 Å². The van der Waals surface area contributed by atoms with Crippen molar-refractivity contribution in [1.82, 2.24) is 29.7 Å². The molecule has 3 aromatic heterocycles. The van der Waals surface area contributed by atoms with Crippen LogP contribution in [0.4, 0.5) is 13.2 Å². The highest BCUT2D eigenvalue weighted by molar-refractivity contribution is 5.94. The van der Waals surface area contributed by atoms with E-state index in [-0.39, 0.29) is 23.2 Å². The van der Waals surface area contributed by atoms with E-state index in [2.05, 4.69) is 20.3 Å². The number of fused-ring (bicyclic) bond motifs is 2. The second-order valence-corrected chi connectivity index (χ2v) is 8.45. The van der Waals surface area contributed by atoms with Gasteiger partial charge in [-0.3, -0.25) is 9.89 Å². The maximum atomic E-state index is 13.5. The van der Waals surface area contributed by atoms with Gasteiger partial charge < -0.3 is 4.90 Å². The number of hydrogen-bond donors (Lipinski definition) is 1. The first kappa shape index (κ1) is 20.0. The van der Waals surface area contributed by atoms with Crippen LogP contribution in [0.5, 0.6) is 0 Å². The number of carbonyl (C=O) groups excluding carboxylic acids is 1. The Hall–Kier alpha value is -2.91. The Morgan fingerprint density at radius 3 is 2.81 bits per heavy atom. The molecule has 5 rings (SSSR count). The molecule has 0 spiro atoms. The SMILES string of the molecule is Cc1cc(C(F)(F)F)n2nc(C3CCCN(C(=O)c4n[nH]c5c4CCCC5)C3)cc2n1. The van der Waals surface area contributed by atoms with Gasteiger partial charge in [0.25, 0.3) is 5.91 Å². The van der Waals surface area contributed by atoms with Gasteiger partial charge in [-0.1, -0.05) is 0 Å². The van der Waals surface area contributed by atoms with E-state index < -0.39 is 11.9 Å². The summed E-state index contributed by atoms with van der Waals surface area (Å²) in [5, 5.41) is 11.5. The Morgan fingerprint density at radius 2 is 2.00 bits per heavy atom. The minimum absolute atomic E-state index is 0.113. The van der Waals surface area contributed by atoms with Gasteiger partial charge in [0.05, 0.1) is 5.69 Å². The van der Waals surface area contributed by atoms with Crippen LogP contribution in [-0.2, 0) is 19.0 Å². The Bertz CT molecular complexity index is 1150. The fourth-order valence-corrected chi connectivity index (χ4v) is 4.73. The molecule has 1 saturated heterocycles. The van der Waals surface area contributed by atoms with Crippen molar-refractivity contribution < 1.29 is 18.0 Å². The summed E-state index contributed by atoms with van der Waals surface area (Å²) < 4.78 is 41.3. The molecule has 1 atom stereocenters. The lowest BCUT2D eigenvalue weighted by molar-refractivity contribution is -0.142. The Kier molecular flexibility index (Phi) is 4.75. The standard InChI is InChI=1S/C21H23F3N6O/c1-12-9-17(21(22,23)24)30-18(25-12)10-16(28-30)13-5-4-8-29(11-13)20(31)19-14-6-2-3-7-15(14)26-27-19/h9-10,13H,2-8,11H2,1H3,(H,26,27). The van der Waals surface area contributed by atoms with Crippen LogP contribution in [0.1, 0.15) is 70.4 Å². The second-order valence-electron chi connectivity index (χ2n) is 8.45. The third-order valence-electron chi connectivity index (χ3n) is 6.25. The lowest BCUT2D eigenvalue weighted by Gasteiger charge is -2.31. The van der Waals surface area contributed by atoms with Gasteiger partial charge >= 0.3 is 6.18 Å². The van der Waals surface area contributed by atoms with E-state index >= 15 is 0 Å².